The molecule has 102 valence electrons. The van der Waals surface area contributed by atoms with Crippen molar-refractivity contribution in [2.24, 2.45) is 4.99 Å². The van der Waals surface area contributed by atoms with Gasteiger partial charge in [0.2, 0.25) is 0 Å². The minimum Gasteiger partial charge on any atom is -0.497 e. The number of hydrogen-bond acceptors (Lipinski definition) is 3. The molecular weight excluding hydrogens is 310 g/mol. The highest BCUT2D eigenvalue weighted by atomic mass is 79.9. The van der Waals surface area contributed by atoms with Gasteiger partial charge in [-0.2, -0.15) is 0 Å². The Hall–Kier alpha value is -1.56. The van der Waals surface area contributed by atoms with Crippen LogP contribution in [0.5, 0.6) is 5.75 Å². The molecule has 1 atom stereocenters. The second-order valence-electron chi connectivity index (χ2n) is 4.18. The van der Waals surface area contributed by atoms with Gasteiger partial charge in [-0.1, -0.05) is 22.9 Å². The second-order valence-corrected chi connectivity index (χ2v) is 5.04. The zero-order valence-corrected chi connectivity index (χ0v) is 12.5. The van der Waals surface area contributed by atoms with Gasteiger partial charge in [0.15, 0.2) is 5.96 Å². The summed E-state index contributed by atoms with van der Waals surface area (Å²) >= 11 is 3.45. The largest absolute Gasteiger partial charge is 0.497 e. The van der Waals surface area contributed by atoms with Crippen LogP contribution in [-0.2, 0) is 4.79 Å². The number of guanidine groups is 1. The summed E-state index contributed by atoms with van der Waals surface area (Å²) in [6, 6.07) is 5.10. The molecule has 1 unspecified atom stereocenters. The minimum absolute atomic E-state index is 0.108. The van der Waals surface area contributed by atoms with E-state index in [2.05, 4.69) is 31.6 Å². The smallest absolute Gasteiger partial charge is 0.253 e. The fraction of sp³-hybridized carbons (Fsp3) is 0.385. The third-order valence-electron chi connectivity index (χ3n) is 2.79. The van der Waals surface area contributed by atoms with E-state index in [1.54, 1.807) is 7.11 Å². The maximum absolute atomic E-state index is 12.0. The first kappa shape index (κ1) is 13.9. The molecule has 1 saturated heterocycles. The first-order valence-electron chi connectivity index (χ1n) is 6.11. The number of amides is 1. The molecule has 1 heterocycles. The Morgan fingerprint density at radius 2 is 2.26 bits per heavy atom. The Bertz CT molecular complexity index is 517. The lowest BCUT2D eigenvalue weighted by atomic mass is 10.1. The standard InChI is InChI=1S/C13H16BrN3O2/c1-3-6-15-13-16-11(12(18)17-13)9-7-8(19-2)4-5-10(9)14/h4-5,7,11H,3,6H2,1-2H3,(H2,15,16,17,18). The van der Waals surface area contributed by atoms with Gasteiger partial charge in [-0.25, -0.2) is 0 Å². The van der Waals surface area contributed by atoms with Crippen molar-refractivity contribution in [1.82, 2.24) is 10.6 Å². The van der Waals surface area contributed by atoms with Crippen molar-refractivity contribution >= 4 is 27.8 Å². The SMILES string of the molecule is CCCN=C1NC(=O)C(c2cc(OC)ccc2Br)N1. The molecular formula is C13H16BrN3O2. The average Bonchev–Trinajstić information content (AvgIpc) is 2.78. The molecule has 0 spiro atoms. The van der Waals surface area contributed by atoms with Crippen LogP contribution in [0, 0.1) is 0 Å². The summed E-state index contributed by atoms with van der Waals surface area (Å²) in [7, 11) is 1.60. The number of carbonyl (C=O) groups is 1. The van der Waals surface area contributed by atoms with Gasteiger partial charge in [0.1, 0.15) is 11.8 Å². The lowest BCUT2D eigenvalue weighted by molar-refractivity contribution is -0.120. The number of rotatable bonds is 4. The average molecular weight is 326 g/mol. The van der Waals surface area contributed by atoms with E-state index in [1.807, 2.05) is 25.1 Å². The maximum Gasteiger partial charge on any atom is 0.253 e. The van der Waals surface area contributed by atoms with Gasteiger partial charge in [0.05, 0.1) is 7.11 Å². The first-order chi connectivity index (χ1) is 9.15. The van der Waals surface area contributed by atoms with Crippen LogP contribution in [0.4, 0.5) is 0 Å². The van der Waals surface area contributed by atoms with Crippen molar-refractivity contribution in [3.8, 4) is 5.75 Å². The summed E-state index contributed by atoms with van der Waals surface area (Å²) < 4.78 is 6.04. The predicted molar refractivity (Wildman–Crippen MR) is 77.3 cm³/mol. The number of nitrogens with one attached hydrogen (secondary N) is 2. The molecule has 0 aliphatic carbocycles. The van der Waals surface area contributed by atoms with Crippen LogP contribution in [0.15, 0.2) is 27.7 Å². The lowest BCUT2D eigenvalue weighted by Crippen LogP contribution is -2.25. The van der Waals surface area contributed by atoms with E-state index >= 15 is 0 Å². The molecule has 6 heteroatoms. The van der Waals surface area contributed by atoms with Gasteiger partial charge < -0.3 is 10.1 Å². The van der Waals surface area contributed by atoms with E-state index in [0.29, 0.717) is 18.3 Å². The Labute approximate surface area is 120 Å². The normalized spacial score (nSPS) is 20.3. The van der Waals surface area contributed by atoms with Gasteiger partial charge in [0, 0.05) is 16.6 Å². The number of ether oxygens (including phenoxy) is 1. The van der Waals surface area contributed by atoms with Gasteiger partial charge >= 0.3 is 0 Å². The third-order valence-corrected chi connectivity index (χ3v) is 3.51. The van der Waals surface area contributed by atoms with Crippen molar-refractivity contribution in [3.05, 3.63) is 28.2 Å². The second kappa shape index (κ2) is 6.06. The Morgan fingerprint density at radius 1 is 1.47 bits per heavy atom. The zero-order chi connectivity index (χ0) is 13.8. The van der Waals surface area contributed by atoms with E-state index in [-0.39, 0.29) is 5.91 Å². The van der Waals surface area contributed by atoms with E-state index in [1.165, 1.54) is 0 Å². The van der Waals surface area contributed by atoms with E-state index in [0.717, 1.165) is 16.5 Å². The van der Waals surface area contributed by atoms with Crippen molar-refractivity contribution in [3.63, 3.8) is 0 Å². The number of nitrogens with zero attached hydrogens (tertiary/aromatic N) is 1. The number of hydrogen-bond donors (Lipinski definition) is 2. The van der Waals surface area contributed by atoms with E-state index < -0.39 is 6.04 Å². The molecule has 1 fully saturated rings. The Balaban J connectivity index is 2.25. The van der Waals surface area contributed by atoms with Crippen molar-refractivity contribution < 1.29 is 9.53 Å². The molecule has 1 aliphatic heterocycles. The minimum atomic E-state index is -0.444. The highest BCUT2D eigenvalue weighted by molar-refractivity contribution is 9.10. The topological polar surface area (TPSA) is 62.7 Å². The van der Waals surface area contributed by atoms with E-state index in [4.69, 9.17) is 4.74 Å². The van der Waals surface area contributed by atoms with Crippen LogP contribution < -0.4 is 15.4 Å². The molecule has 1 aliphatic rings. The molecule has 0 bridgehead atoms. The first-order valence-corrected chi connectivity index (χ1v) is 6.90. The number of methoxy groups -OCH3 is 1. The fourth-order valence-corrected chi connectivity index (χ4v) is 2.30. The molecule has 1 aromatic rings. The monoisotopic (exact) mass is 325 g/mol. The van der Waals surface area contributed by atoms with Crippen LogP contribution >= 0.6 is 15.9 Å². The third kappa shape index (κ3) is 3.07. The maximum atomic E-state index is 12.0. The van der Waals surface area contributed by atoms with E-state index in [9.17, 15) is 4.79 Å². The van der Waals surface area contributed by atoms with Gasteiger partial charge in [0.25, 0.3) is 5.91 Å². The van der Waals surface area contributed by atoms with Crippen LogP contribution in [0.1, 0.15) is 24.9 Å². The van der Waals surface area contributed by atoms with Gasteiger partial charge in [-0.15, -0.1) is 0 Å². The number of benzene rings is 1. The number of aliphatic imine (C=N–C) groups is 1. The molecule has 0 saturated carbocycles. The zero-order valence-electron chi connectivity index (χ0n) is 10.9. The molecule has 1 aromatic carbocycles. The van der Waals surface area contributed by atoms with Crippen LogP contribution in [0.2, 0.25) is 0 Å². The van der Waals surface area contributed by atoms with Gasteiger partial charge in [-0.05, 0) is 24.6 Å². The summed E-state index contributed by atoms with van der Waals surface area (Å²) in [5, 5.41) is 5.83. The van der Waals surface area contributed by atoms with Crippen molar-refractivity contribution in [2.75, 3.05) is 13.7 Å². The molecule has 5 nitrogen and oxygen atoms in total. The highest BCUT2D eigenvalue weighted by Crippen LogP contribution is 2.29. The number of halogens is 1. The van der Waals surface area contributed by atoms with Crippen LogP contribution in [0.3, 0.4) is 0 Å². The Morgan fingerprint density at radius 3 is 2.95 bits per heavy atom. The molecule has 0 aromatic heterocycles. The molecule has 1 amide bonds. The van der Waals surface area contributed by atoms with Gasteiger partial charge in [-0.3, -0.25) is 15.1 Å². The summed E-state index contributed by atoms with van der Waals surface area (Å²) in [5.41, 5.74) is 0.832. The summed E-state index contributed by atoms with van der Waals surface area (Å²) in [5.74, 6) is 1.14. The Kier molecular flexibility index (Phi) is 4.42. The lowest BCUT2D eigenvalue weighted by Gasteiger charge is -2.12. The molecule has 2 rings (SSSR count). The quantitative estimate of drug-likeness (QED) is 0.889. The molecule has 0 radical (unpaired) electrons. The summed E-state index contributed by atoms with van der Waals surface area (Å²) in [6.07, 6.45) is 0.939. The van der Waals surface area contributed by atoms with Crippen LogP contribution in [0.25, 0.3) is 0 Å². The summed E-state index contributed by atoms with van der Waals surface area (Å²) in [4.78, 5) is 16.3. The summed E-state index contributed by atoms with van der Waals surface area (Å²) in [6.45, 7) is 2.73. The highest BCUT2D eigenvalue weighted by Gasteiger charge is 2.31. The van der Waals surface area contributed by atoms with Crippen molar-refractivity contribution in [2.45, 2.75) is 19.4 Å². The predicted octanol–water partition coefficient (Wildman–Crippen LogP) is 1.98. The molecule has 19 heavy (non-hydrogen) atoms. The van der Waals surface area contributed by atoms with Crippen molar-refractivity contribution in [1.29, 1.82) is 0 Å². The van der Waals surface area contributed by atoms with Crippen LogP contribution in [-0.4, -0.2) is 25.5 Å². The fourth-order valence-electron chi connectivity index (χ4n) is 1.83. The number of carbonyl (C=O) groups excluding carboxylic acids is 1. The molecule has 2 N–H and O–H groups in total.